The van der Waals surface area contributed by atoms with Gasteiger partial charge in [-0.1, -0.05) is 31.5 Å². The standard InChI is InChI=1S/C19H28NO8P/c1-12-8-13(2)16-14(9-12)10-26-29(24,28-16)27-11-19(3,4)17(22)18(23)20-7-6-15(21)25-5/h8-9,17,22H,6-7,10-11H2,1-5H3,(H,20,23). The van der Waals surface area contributed by atoms with Gasteiger partial charge in [-0.05, 0) is 19.4 Å². The number of ether oxygens (including phenoxy) is 1. The fourth-order valence-corrected chi connectivity index (χ4v) is 4.25. The molecule has 1 aromatic carbocycles. The minimum atomic E-state index is -3.90. The molecule has 1 aliphatic rings. The van der Waals surface area contributed by atoms with Crippen molar-refractivity contribution in [2.24, 2.45) is 5.41 Å². The van der Waals surface area contributed by atoms with Crippen LogP contribution in [0.3, 0.4) is 0 Å². The maximum absolute atomic E-state index is 12.9. The second-order valence-electron chi connectivity index (χ2n) is 7.66. The van der Waals surface area contributed by atoms with Crippen molar-refractivity contribution >= 4 is 19.7 Å². The Morgan fingerprint density at radius 1 is 1.34 bits per heavy atom. The van der Waals surface area contributed by atoms with Gasteiger partial charge in [0.25, 0.3) is 0 Å². The number of aliphatic hydroxyl groups excluding tert-OH is 1. The molecule has 9 nitrogen and oxygen atoms in total. The van der Waals surface area contributed by atoms with Gasteiger partial charge in [0.1, 0.15) is 11.9 Å². The number of esters is 1. The van der Waals surface area contributed by atoms with Crippen LogP contribution in [0.2, 0.25) is 0 Å². The Morgan fingerprint density at radius 2 is 2.03 bits per heavy atom. The van der Waals surface area contributed by atoms with Gasteiger partial charge in [-0.3, -0.25) is 18.6 Å². The average molecular weight is 429 g/mol. The molecular weight excluding hydrogens is 401 g/mol. The monoisotopic (exact) mass is 429 g/mol. The van der Waals surface area contributed by atoms with Crippen LogP contribution in [-0.4, -0.2) is 43.3 Å². The van der Waals surface area contributed by atoms with E-state index in [0.717, 1.165) is 16.7 Å². The van der Waals surface area contributed by atoms with Crippen LogP contribution in [0.1, 0.15) is 37.0 Å². The van der Waals surface area contributed by atoms with Crippen molar-refractivity contribution in [3.05, 3.63) is 28.8 Å². The molecule has 1 heterocycles. The summed E-state index contributed by atoms with van der Waals surface area (Å²) in [4.78, 5) is 23.2. The van der Waals surface area contributed by atoms with Gasteiger partial charge in [0.15, 0.2) is 0 Å². The van der Waals surface area contributed by atoms with E-state index in [2.05, 4.69) is 10.1 Å². The van der Waals surface area contributed by atoms with E-state index in [9.17, 15) is 19.3 Å². The molecule has 2 N–H and O–H groups in total. The van der Waals surface area contributed by atoms with E-state index in [4.69, 9.17) is 13.6 Å². The molecule has 0 fully saturated rings. The molecule has 1 aliphatic heterocycles. The highest BCUT2D eigenvalue weighted by Gasteiger charge is 2.40. The summed E-state index contributed by atoms with van der Waals surface area (Å²) in [5, 5.41) is 12.8. The number of amides is 1. The number of aliphatic hydroxyl groups is 1. The summed E-state index contributed by atoms with van der Waals surface area (Å²) in [5.41, 5.74) is 1.54. The minimum Gasteiger partial charge on any atom is -0.469 e. The molecule has 2 rings (SSSR count). The number of rotatable bonds is 8. The van der Waals surface area contributed by atoms with Crippen LogP contribution in [-0.2, 0) is 34.5 Å². The van der Waals surface area contributed by atoms with Crippen LogP contribution in [0.25, 0.3) is 0 Å². The van der Waals surface area contributed by atoms with Crippen molar-refractivity contribution in [2.45, 2.75) is 46.8 Å². The van der Waals surface area contributed by atoms with Crippen molar-refractivity contribution in [1.82, 2.24) is 5.32 Å². The van der Waals surface area contributed by atoms with Crippen LogP contribution >= 0.6 is 7.82 Å². The van der Waals surface area contributed by atoms with Crippen molar-refractivity contribution in [2.75, 3.05) is 20.3 Å². The Morgan fingerprint density at radius 3 is 2.69 bits per heavy atom. The number of phosphoric ester groups is 1. The quantitative estimate of drug-likeness (QED) is 0.477. The van der Waals surface area contributed by atoms with E-state index >= 15 is 0 Å². The number of benzene rings is 1. The maximum Gasteiger partial charge on any atom is 0.530 e. The lowest BCUT2D eigenvalue weighted by atomic mass is 9.87. The van der Waals surface area contributed by atoms with Gasteiger partial charge >= 0.3 is 13.8 Å². The van der Waals surface area contributed by atoms with Crippen molar-refractivity contribution in [1.29, 1.82) is 0 Å². The van der Waals surface area contributed by atoms with E-state index < -0.39 is 31.2 Å². The Balaban J connectivity index is 1.95. The van der Waals surface area contributed by atoms with Gasteiger partial charge < -0.3 is 19.7 Å². The SMILES string of the molecule is COC(=O)CCNC(=O)C(O)C(C)(C)COP1(=O)OCc2cc(C)cc(C)c2O1. The molecule has 0 spiro atoms. The molecule has 1 amide bonds. The second kappa shape index (κ2) is 9.26. The van der Waals surface area contributed by atoms with Crippen LogP contribution in [0.5, 0.6) is 5.75 Å². The Bertz CT molecular complexity index is 823. The third-order valence-corrected chi connectivity index (χ3v) is 5.81. The molecule has 0 aliphatic carbocycles. The lowest BCUT2D eigenvalue weighted by Gasteiger charge is -2.32. The number of fused-ring (bicyclic) bond motifs is 1. The number of methoxy groups -OCH3 is 1. The molecule has 0 aromatic heterocycles. The molecule has 0 saturated carbocycles. The van der Waals surface area contributed by atoms with Gasteiger partial charge in [-0.2, -0.15) is 0 Å². The lowest BCUT2D eigenvalue weighted by Crippen LogP contribution is -2.46. The lowest BCUT2D eigenvalue weighted by molar-refractivity contribution is -0.141. The molecule has 0 saturated heterocycles. The molecular formula is C19H28NO8P. The molecule has 2 atom stereocenters. The van der Waals surface area contributed by atoms with Gasteiger partial charge in [0.05, 0.1) is 26.7 Å². The highest BCUT2D eigenvalue weighted by atomic mass is 31.2. The highest BCUT2D eigenvalue weighted by molar-refractivity contribution is 7.49. The van der Waals surface area contributed by atoms with E-state index in [0.29, 0.717) is 5.75 Å². The summed E-state index contributed by atoms with van der Waals surface area (Å²) in [6.45, 7) is 6.79. The molecule has 0 radical (unpaired) electrons. The third kappa shape index (κ3) is 6.02. The summed E-state index contributed by atoms with van der Waals surface area (Å²) < 4.78 is 33.6. The van der Waals surface area contributed by atoms with E-state index in [1.807, 2.05) is 26.0 Å². The average Bonchev–Trinajstić information content (AvgIpc) is 2.66. The van der Waals surface area contributed by atoms with Crippen LogP contribution in [0.4, 0.5) is 0 Å². The Labute approximate surface area is 170 Å². The van der Waals surface area contributed by atoms with Gasteiger partial charge in [-0.15, -0.1) is 0 Å². The summed E-state index contributed by atoms with van der Waals surface area (Å²) in [5.74, 6) is -0.690. The summed E-state index contributed by atoms with van der Waals surface area (Å²) >= 11 is 0. The molecule has 29 heavy (non-hydrogen) atoms. The zero-order valence-electron chi connectivity index (χ0n) is 17.3. The van der Waals surface area contributed by atoms with Gasteiger partial charge in [0, 0.05) is 17.5 Å². The predicted octanol–water partition coefficient (Wildman–Crippen LogP) is 2.40. The normalized spacial score (nSPS) is 19.7. The topological polar surface area (TPSA) is 120 Å². The van der Waals surface area contributed by atoms with Crippen LogP contribution < -0.4 is 9.84 Å². The molecule has 2 unspecified atom stereocenters. The minimum absolute atomic E-state index is 0.0129. The first-order chi connectivity index (χ1) is 13.5. The summed E-state index contributed by atoms with van der Waals surface area (Å²) in [6.07, 6.45) is -1.48. The number of carbonyl (C=O) groups excluding carboxylic acids is 2. The largest absolute Gasteiger partial charge is 0.530 e. The van der Waals surface area contributed by atoms with Crippen LogP contribution in [0.15, 0.2) is 12.1 Å². The van der Waals surface area contributed by atoms with Gasteiger partial charge in [-0.25, -0.2) is 4.57 Å². The third-order valence-electron chi connectivity index (χ3n) is 4.52. The molecule has 1 aromatic rings. The highest BCUT2D eigenvalue weighted by Crippen LogP contribution is 2.56. The van der Waals surface area contributed by atoms with Crippen molar-refractivity contribution < 1.29 is 37.6 Å². The van der Waals surface area contributed by atoms with Crippen molar-refractivity contribution in [3.63, 3.8) is 0 Å². The zero-order chi connectivity index (χ0) is 21.8. The first-order valence-corrected chi connectivity index (χ1v) is 10.6. The molecule has 162 valence electrons. The first-order valence-electron chi connectivity index (χ1n) is 9.19. The maximum atomic E-state index is 12.9. The number of hydrogen-bond acceptors (Lipinski definition) is 8. The number of carbonyl (C=O) groups is 2. The number of phosphoric acid groups is 1. The fourth-order valence-electron chi connectivity index (χ4n) is 2.80. The first kappa shape index (κ1) is 23.3. The summed E-state index contributed by atoms with van der Waals surface area (Å²) in [7, 11) is -2.65. The Hall–Kier alpha value is -1.93. The predicted molar refractivity (Wildman–Crippen MR) is 104 cm³/mol. The number of nitrogens with one attached hydrogen (secondary N) is 1. The van der Waals surface area contributed by atoms with Gasteiger partial charge in [0.2, 0.25) is 5.91 Å². The fraction of sp³-hybridized carbons (Fsp3) is 0.579. The van der Waals surface area contributed by atoms with E-state index in [-0.39, 0.29) is 26.2 Å². The molecule has 0 bridgehead atoms. The Kier molecular flexibility index (Phi) is 7.45. The molecule has 10 heteroatoms. The zero-order valence-corrected chi connectivity index (χ0v) is 18.2. The van der Waals surface area contributed by atoms with E-state index in [1.165, 1.54) is 7.11 Å². The van der Waals surface area contributed by atoms with E-state index in [1.54, 1.807) is 13.8 Å². The van der Waals surface area contributed by atoms with Crippen molar-refractivity contribution in [3.8, 4) is 5.75 Å². The summed E-state index contributed by atoms with van der Waals surface area (Å²) in [6, 6.07) is 3.79. The number of hydrogen-bond donors (Lipinski definition) is 2. The smallest absolute Gasteiger partial charge is 0.469 e. The second-order valence-corrected chi connectivity index (χ2v) is 9.26. The van der Waals surface area contributed by atoms with Crippen LogP contribution in [0, 0.1) is 19.3 Å². The number of aryl methyl sites for hydroxylation is 2.